The van der Waals surface area contributed by atoms with Crippen LogP contribution in [-0.4, -0.2) is 13.1 Å². The molecular weight excluding hydrogens is 170 g/mol. The molecule has 0 bridgehead atoms. The molecule has 0 saturated carbocycles. The van der Waals surface area contributed by atoms with E-state index in [-0.39, 0.29) is 0 Å². The lowest BCUT2D eigenvalue weighted by Gasteiger charge is -2.23. The van der Waals surface area contributed by atoms with Gasteiger partial charge in [-0.2, -0.15) is 0 Å². The van der Waals surface area contributed by atoms with E-state index in [1.165, 1.54) is 17.5 Å². The first-order valence-electron chi connectivity index (χ1n) is 5.55. The molecule has 1 heterocycles. The minimum atomic E-state index is 0.367. The van der Waals surface area contributed by atoms with Gasteiger partial charge < -0.3 is 5.32 Å². The van der Waals surface area contributed by atoms with Crippen molar-refractivity contribution in [2.24, 2.45) is 0 Å². The maximum absolute atomic E-state index is 3.44. The van der Waals surface area contributed by atoms with Gasteiger partial charge >= 0.3 is 0 Å². The number of benzene rings is 1. The lowest BCUT2D eigenvalue weighted by molar-refractivity contribution is 0.525. The Morgan fingerprint density at radius 2 is 2.00 bits per heavy atom. The van der Waals surface area contributed by atoms with Gasteiger partial charge in [0.1, 0.15) is 0 Å². The molecule has 1 aromatic carbocycles. The van der Waals surface area contributed by atoms with Crippen LogP contribution >= 0.6 is 0 Å². The molecule has 2 rings (SSSR count). The van der Waals surface area contributed by atoms with E-state index in [1.54, 1.807) is 0 Å². The van der Waals surface area contributed by atoms with Gasteiger partial charge in [0, 0.05) is 12.0 Å². The zero-order valence-corrected chi connectivity index (χ0v) is 9.14. The standard InChI is InChI=1S/C13H19N/c1-3-11-4-6-12(7-5-11)13(2)8-9-14-10-13/h4-7,14H,3,8-10H2,1-2H3. The summed E-state index contributed by atoms with van der Waals surface area (Å²) in [6.45, 7) is 6.84. The molecule has 1 atom stereocenters. The molecule has 0 spiro atoms. The Morgan fingerprint density at radius 3 is 2.50 bits per heavy atom. The summed E-state index contributed by atoms with van der Waals surface area (Å²) in [6.07, 6.45) is 2.40. The van der Waals surface area contributed by atoms with E-state index in [4.69, 9.17) is 0 Å². The minimum Gasteiger partial charge on any atom is -0.316 e. The first kappa shape index (κ1) is 9.72. The molecule has 0 aliphatic carbocycles. The van der Waals surface area contributed by atoms with Crippen LogP contribution < -0.4 is 5.32 Å². The summed E-state index contributed by atoms with van der Waals surface area (Å²) in [4.78, 5) is 0. The maximum Gasteiger partial charge on any atom is 0.00615 e. The summed E-state index contributed by atoms with van der Waals surface area (Å²) >= 11 is 0. The van der Waals surface area contributed by atoms with E-state index in [2.05, 4.69) is 43.4 Å². The van der Waals surface area contributed by atoms with Crippen LogP contribution in [0, 0.1) is 0 Å². The van der Waals surface area contributed by atoms with Gasteiger partial charge in [-0.05, 0) is 30.5 Å². The third-order valence-corrected chi connectivity index (χ3v) is 3.43. The van der Waals surface area contributed by atoms with Crippen molar-refractivity contribution < 1.29 is 0 Å². The molecule has 76 valence electrons. The van der Waals surface area contributed by atoms with Gasteiger partial charge in [0.25, 0.3) is 0 Å². The van der Waals surface area contributed by atoms with Crippen molar-refractivity contribution in [2.45, 2.75) is 32.1 Å². The minimum absolute atomic E-state index is 0.367. The Morgan fingerprint density at radius 1 is 1.29 bits per heavy atom. The molecule has 0 radical (unpaired) electrons. The van der Waals surface area contributed by atoms with E-state index < -0.39 is 0 Å². The van der Waals surface area contributed by atoms with Gasteiger partial charge in [-0.25, -0.2) is 0 Å². The second-order valence-corrected chi connectivity index (χ2v) is 4.54. The molecule has 1 heteroatoms. The number of hydrogen-bond donors (Lipinski definition) is 1. The highest BCUT2D eigenvalue weighted by Crippen LogP contribution is 2.29. The average Bonchev–Trinajstić information content (AvgIpc) is 2.67. The molecule has 1 fully saturated rings. The lowest BCUT2D eigenvalue weighted by Crippen LogP contribution is -2.24. The second-order valence-electron chi connectivity index (χ2n) is 4.54. The Balaban J connectivity index is 2.23. The maximum atomic E-state index is 3.44. The SMILES string of the molecule is CCc1ccc(C2(C)CCNC2)cc1. The summed E-state index contributed by atoms with van der Waals surface area (Å²) in [7, 11) is 0. The Labute approximate surface area is 86.5 Å². The van der Waals surface area contributed by atoms with Gasteiger partial charge in [0.15, 0.2) is 0 Å². The van der Waals surface area contributed by atoms with Crippen molar-refractivity contribution >= 4 is 0 Å². The van der Waals surface area contributed by atoms with Crippen LogP contribution in [0.1, 0.15) is 31.4 Å². The van der Waals surface area contributed by atoms with Crippen LogP contribution in [-0.2, 0) is 11.8 Å². The molecule has 1 aliphatic heterocycles. The van der Waals surface area contributed by atoms with E-state index >= 15 is 0 Å². The Hall–Kier alpha value is -0.820. The molecule has 1 N–H and O–H groups in total. The Kier molecular flexibility index (Phi) is 2.60. The molecule has 0 amide bonds. The smallest absolute Gasteiger partial charge is 0.00615 e. The molecule has 1 nitrogen and oxygen atoms in total. The second kappa shape index (κ2) is 3.74. The molecule has 1 aliphatic rings. The fraction of sp³-hybridized carbons (Fsp3) is 0.538. The summed E-state index contributed by atoms with van der Waals surface area (Å²) < 4.78 is 0. The van der Waals surface area contributed by atoms with Crippen molar-refractivity contribution in [3.63, 3.8) is 0 Å². The van der Waals surface area contributed by atoms with Crippen LogP contribution in [0.5, 0.6) is 0 Å². The highest BCUT2D eigenvalue weighted by atomic mass is 14.9. The molecular formula is C13H19N. The zero-order valence-electron chi connectivity index (χ0n) is 9.14. The van der Waals surface area contributed by atoms with Gasteiger partial charge in [-0.3, -0.25) is 0 Å². The zero-order chi connectivity index (χ0) is 10.0. The van der Waals surface area contributed by atoms with Crippen molar-refractivity contribution in [1.29, 1.82) is 0 Å². The predicted molar refractivity (Wildman–Crippen MR) is 60.7 cm³/mol. The first-order chi connectivity index (χ1) is 6.74. The van der Waals surface area contributed by atoms with Crippen molar-refractivity contribution in [3.8, 4) is 0 Å². The van der Waals surface area contributed by atoms with E-state index in [9.17, 15) is 0 Å². The normalized spacial score (nSPS) is 26.7. The number of nitrogens with one attached hydrogen (secondary N) is 1. The third kappa shape index (κ3) is 1.69. The quantitative estimate of drug-likeness (QED) is 0.753. The van der Waals surface area contributed by atoms with Crippen molar-refractivity contribution in [3.05, 3.63) is 35.4 Å². The summed E-state index contributed by atoms with van der Waals surface area (Å²) in [5.41, 5.74) is 3.29. The molecule has 0 aromatic heterocycles. The van der Waals surface area contributed by atoms with Gasteiger partial charge in [0.05, 0.1) is 0 Å². The predicted octanol–water partition coefficient (Wildman–Crippen LogP) is 2.50. The summed E-state index contributed by atoms with van der Waals surface area (Å²) in [5, 5.41) is 3.44. The topological polar surface area (TPSA) is 12.0 Å². The van der Waals surface area contributed by atoms with Crippen LogP contribution in [0.25, 0.3) is 0 Å². The summed E-state index contributed by atoms with van der Waals surface area (Å²) in [6, 6.07) is 9.12. The van der Waals surface area contributed by atoms with Gasteiger partial charge in [0.2, 0.25) is 0 Å². The van der Waals surface area contributed by atoms with E-state index in [0.29, 0.717) is 5.41 Å². The van der Waals surface area contributed by atoms with Crippen LogP contribution in [0.2, 0.25) is 0 Å². The first-order valence-corrected chi connectivity index (χ1v) is 5.55. The monoisotopic (exact) mass is 189 g/mol. The molecule has 1 saturated heterocycles. The van der Waals surface area contributed by atoms with Crippen molar-refractivity contribution in [1.82, 2.24) is 5.32 Å². The van der Waals surface area contributed by atoms with E-state index in [1.807, 2.05) is 0 Å². The fourth-order valence-corrected chi connectivity index (χ4v) is 2.21. The van der Waals surface area contributed by atoms with E-state index in [0.717, 1.165) is 19.5 Å². The van der Waals surface area contributed by atoms with Crippen LogP contribution in [0.4, 0.5) is 0 Å². The lowest BCUT2D eigenvalue weighted by atomic mass is 9.81. The van der Waals surface area contributed by atoms with Crippen LogP contribution in [0.3, 0.4) is 0 Å². The number of rotatable bonds is 2. The average molecular weight is 189 g/mol. The Bertz CT molecular complexity index is 294. The molecule has 1 aromatic rings. The molecule has 1 unspecified atom stereocenters. The number of hydrogen-bond acceptors (Lipinski definition) is 1. The number of aryl methyl sites for hydroxylation is 1. The van der Waals surface area contributed by atoms with Gasteiger partial charge in [-0.1, -0.05) is 38.1 Å². The van der Waals surface area contributed by atoms with Crippen molar-refractivity contribution in [2.75, 3.05) is 13.1 Å². The summed E-state index contributed by atoms with van der Waals surface area (Å²) in [5.74, 6) is 0. The third-order valence-electron chi connectivity index (χ3n) is 3.43. The largest absolute Gasteiger partial charge is 0.316 e. The van der Waals surface area contributed by atoms with Gasteiger partial charge in [-0.15, -0.1) is 0 Å². The molecule has 14 heavy (non-hydrogen) atoms. The highest BCUT2D eigenvalue weighted by Gasteiger charge is 2.29. The van der Waals surface area contributed by atoms with Crippen LogP contribution in [0.15, 0.2) is 24.3 Å². The highest BCUT2D eigenvalue weighted by molar-refractivity contribution is 5.30. The fourth-order valence-electron chi connectivity index (χ4n) is 2.21.